The first-order valence-electron chi connectivity index (χ1n) is 4.72. The van der Waals surface area contributed by atoms with Crippen molar-refractivity contribution in [2.24, 2.45) is 7.05 Å². The molecule has 2 rings (SSSR count). The third kappa shape index (κ3) is 1.90. The number of nitriles is 1. The van der Waals surface area contributed by atoms with Crippen LogP contribution in [-0.2, 0) is 7.05 Å². The van der Waals surface area contributed by atoms with E-state index in [-0.39, 0.29) is 0 Å². The zero-order valence-electron chi connectivity index (χ0n) is 8.63. The molecule has 0 aromatic carbocycles. The molecule has 16 heavy (non-hydrogen) atoms. The molecule has 5 heteroatoms. The normalized spacial score (nSPS) is 12.1. The fourth-order valence-electron chi connectivity index (χ4n) is 1.54. The minimum atomic E-state index is -0.412. The molecule has 0 aliphatic rings. The van der Waals surface area contributed by atoms with Gasteiger partial charge in [-0.1, -0.05) is 11.6 Å². The maximum absolute atomic E-state index is 9.18. The Morgan fingerprint density at radius 1 is 1.38 bits per heavy atom. The van der Waals surface area contributed by atoms with E-state index in [0.29, 0.717) is 10.8 Å². The van der Waals surface area contributed by atoms with Gasteiger partial charge in [-0.25, -0.2) is 0 Å². The van der Waals surface area contributed by atoms with E-state index >= 15 is 0 Å². The van der Waals surface area contributed by atoms with Gasteiger partial charge < -0.3 is 4.57 Å². The summed E-state index contributed by atoms with van der Waals surface area (Å²) in [7, 11) is 1.89. The van der Waals surface area contributed by atoms with Gasteiger partial charge in [0.1, 0.15) is 5.92 Å². The molecule has 2 heterocycles. The van der Waals surface area contributed by atoms with Crippen molar-refractivity contribution in [3.63, 3.8) is 0 Å². The minimum Gasteiger partial charge on any atom is -0.353 e. The highest BCUT2D eigenvalue weighted by Crippen LogP contribution is 2.22. The number of nitrogens with zero attached hydrogens (tertiary/aromatic N) is 4. The lowest BCUT2D eigenvalue weighted by Gasteiger charge is -2.09. The lowest BCUT2D eigenvalue weighted by molar-refractivity contribution is 0.783. The van der Waals surface area contributed by atoms with Crippen molar-refractivity contribution >= 4 is 11.6 Å². The number of halogens is 1. The van der Waals surface area contributed by atoms with E-state index in [1.807, 2.05) is 29.9 Å². The van der Waals surface area contributed by atoms with Gasteiger partial charge >= 0.3 is 0 Å². The predicted molar refractivity (Wildman–Crippen MR) is 59.9 cm³/mol. The lowest BCUT2D eigenvalue weighted by Crippen LogP contribution is -2.06. The Balaban J connectivity index is 2.42. The molecule has 0 spiro atoms. The molecule has 0 aliphatic carbocycles. The summed E-state index contributed by atoms with van der Waals surface area (Å²) in [6.07, 6.45) is 1.89. The molecule has 0 unspecified atom stereocenters. The molecule has 0 bridgehead atoms. The van der Waals surface area contributed by atoms with Crippen LogP contribution >= 0.6 is 11.6 Å². The number of aryl methyl sites for hydroxylation is 1. The Morgan fingerprint density at radius 3 is 2.69 bits per heavy atom. The molecule has 0 amide bonds. The SMILES string of the molecule is Cn1cccc1[C@@H](C#N)c1ccc(Cl)nn1. The van der Waals surface area contributed by atoms with E-state index in [2.05, 4.69) is 16.3 Å². The summed E-state index contributed by atoms with van der Waals surface area (Å²) in [5, 5.41) is 17.2. The van der Waals surface area contributed by atoms with Crippen molar-refractivity contribution in [3.05, 3.63) is 47.0 Å². The molecule has 0 aliphatic heterocycles. The second-order valence-corrected chi connectivity index (χ2v) is 3.77. The first kappa shape index (κ1) is 10.7. The van der Waals surface area contributed by atoms with Crippen LogP contribution in [-0.4, -0.2) is 14.8 Å². The van der Waals surface area contributed by atoms with Gasteiger partial charge in [0.15, 0.2) is 5.15 Å². The molecular formula is C11H9ClN4. The largest absolute Gasteiger partial charge is 0.353 e. The summed E-state index contributed by atoms with van der Waals surface area (Å²) in [5.74, 6) is -0.412. The summed E-state index contributed by atoms with van der Waals surface area (Å²) in [5.41, 5.74) is 1.49. The van der Waals surface area contributed by atoms with Crippen LogP contribution in [0, 0.1) is 11.3 Å². The van der Waals surface area contributed by atoms with Crippen molar-refractivity contribution in [1.29, 1.82) is 5.26 Å². The Kier molecular flexibility index (Phi) is 2.88. The van der Waals surface area contributed by atoms with Crippen LogP contribution in [0.15, 0.2) is 30.5 Å². The zero-order valence-corrected chi connectivity index (χ0v) is 9.39. The minimum absolute atomic E-state index is 0.326. The summed E-state index contributed by atoms with van der Waals surface area (Å²) in [4.78, 5) is 0. The summed E-state index contributed by atoms with van der Waals surface area (Å²) >= 11 is 5.65. The van der Waals surface area contributed by atoms with Crippen LogP contribution in [0.3, 0.4) is 0 Å². The van der Waals surface area contributed by atoms with Gasteiger partial charge in [0.05, 0.1) is 11.8 Å². The van der Waals surface area contributed by atoms with E-state index in [1.165, 1.54) is 0 Å². The standard InChI is InChI=1S/C11H9ClN4/c1-16-6-2-3-10(16)8(7-13)9-4-5-11(12)15-14-9/h2-6,8H,1H3/t8-/m0/s1. The molecule has 4 nitrogen and oxygen atoms in total. The van der Waals surface area contributed by atoms with E-state index in [9.17, 15) is 5.26 Å². The molecule has 0 saturated carbocycles. The summed E-state index contributed by atoms with van der Waals surface area (Å²) < 4.78 is 1.89. The van der Waals surface area contributed by atoms with Crippen molar-refractivity contribution in [1.82, 2.24) is 14.8 Å². The number of hydrogen-bond acceptors (Lipinski definition) is 3. The van der Waals surface area contributed by atoms with Gasteiger partial charge in [0.25, 0.3) is 0 Å². The predicted octanol–water partition coefficient (Wildman–Crippen LogP) is 2.12. The first-order valence-corrected chi connectivity index (χ1v) is 5.10. The third-order valence-electron chi connectivity index (χ3n) is 2.36. The fourth-order valence-corrected chi connectivity index (χ4v) is 1.64. The topological polar surface area (TPSA) is 54.5 Å². The Hall–Kier alpha value is -1.86. The quantitative estimate of drug-likeness (QED) is 0.797. The van der Waals surface area contributed by atoms with Crippen LogP contribution in [0.25, 0.3) is 0 Å². The van der Waals surface area contributed by atoms with Gasteiger partial charge in [-0.2, -0.15) is 10.4 Å². The molecule has 2 aromatic heterocycles. The molecule has 0 fully saturated rings. The van der Waals surface area contributed by atoms with Crippen LogP contribution < -0.4 is 0 Å². The first-order chi connectivity index (χ1) is 7.72. The average Bonchev–Trinajstić information content (AvgIpc) is 2.69. The second kappa shape index (κ2) is 4.33. The molecule has 2 aromatic rings. The molecule has 0 radical (unpaired) electrons. The van der Waals surface area contributed by atoms with Crippen LogP contribution in [0.2, 0.25) is 5.15 Å². The molecule has 0 saturated heterocycles. The average molecular weight is 233 g/mol. The number of hydrogen-bond donors (Lipinski definition) is 0. The third-order valence-corrected chi connectivity index (χ3v) is 2.56. The van der Waals surface area contributed by atoms with E-state index in [1.54, 1.807) is 12.1 Å². The van der Waals surface area contributed by atoms with Gasteiger partial charge in [0, 0.05) is 18.9 Å². The number of aromatic nitrogens is 3. The van der Waals surface area contributed by atoms with Gasteiger partial charge in [-0.3, -0.25) is 0 Å². The summed E-state index contributed by atoms with van der Waals surface area (Å²) in [6.45, 7) is 0. The van der Waals surface area contributed by atoms with Crippen molar-refractivity contribution in [2.45, 2.75) is 5.92 Å². The van der Waals surface area contributed by atoms with Gasteiger partial charge in [-0.15, -0.1) is 5.10 Å². The summed E-state index contributed by atoms with van der Waals surface area (Å²) in [6, 6.07) is 9.35. The second-order valence-electron chi connectivity index (χ2n) is 3.39. The lowest BCUT2D eigenvalue weighted by atomic mass is 10.0. The molecule has 1 atom stereocenters. The smallest absolute Gasteiger partial charge is 0.151 e. The fraction of sp³-hybridized carbons (Fsp3) is 0.182. The Bertz CT molecular complexity index is 524. The molecule has 0 N–H and O–H groups in total. The van der Waals surface area contributed by atoms with E-state index in [4.69, 9.17) is 11.6 Å². The maximum Gasteiger partial charge on any atom is 0.151 e. The van der Waals surface area contributed by atoms with E-state index < -0.39 is 5.92 Å². The molecular weight excluding hydrogens is 224 g/mol. The molecule has 80 valence electrons. The monoisotopic (exact) mass is 232 g/mol. The van der Waals surface area contributed by atoms with Crippen LogP contribution in [0.4, 0.5) is 0 Å². The Labute approximate surface area is 98.1 Å². The van der Waals surface area contributed by atoms with E-state index in [0.717, 1.165) is 5.69 Å². The van der Waals surface area contributed by atoms with Crippen LogP contribution in [0.5, 0.6) is 0 Å². The van der Waals surface area contributed by atoms with Crippen molar-refractivity contribution < 1.29 is 0 Å². The highest BCUT2D eigenvalue weighted by Gasteiger charge is 2.17. The number of rotatable bonds is 2. The zero-order chi connectivity index (χ0) is 11.5. The van der Waals surface area contributed by atoms with Gasteiger partial charge in [0.2, 0.25) is 0 Å². The van der Waals surface area contributed by atoms with Gasteiger partial charge in [-0.05, 0) is 24.3 Å². The highest BCUT2D eigenvalue weighted by atomic mass is 35.5. The van der Waals surface area contributed by atoms with Crippen molar-refractivity contribution in [3.8, 4) is 6.07 Å². The highest BCUT2D eigenvalue weighted by molar-refractivity contribution is 6.29. The maximum atomic E-state index is 9.18. The van der Waals surface area contributed by atoms with Crippen LogP contribution in [0.1, 0.15) is 17.3 Å². The van der Waals surface area contributed by atoms with Crippen molar-refractivity contribution in [2.75, 3.05) is 0 Å². The Morgan fingerprint density at radius 2 is 2.19 bits per heavy atom.